The van der Waals surface area contributed by atoms with Crippen molar-refractivity contribution >= 4 is 41.8 Å². The zero-order chi connectivity index (χ0) is 34.9. The Balaban J connectivity index is 0.00000121. The molecule has 4 aromatic heterocycles. The van der Waals surface area contributed by atoms with Crippen LogP contribution in [0.4, 0.5) is 10.1 Å². The van der Waals surface area contributed by atoms with Gasteiger partial charge in [-0.15, -0.1) is 0 Å². The largest absolute Gasteiger partial charge is 0.404 e. The quantitative estimate of drug-likeness (QED) is 0.127. The molecular weight excluding hydrogens is 601 g/mol. The first-order valence-electron chi connectivity index (χ1n) is 15.0. The first-order valence-corrected chi connectivity index (χ1v) is 15.0. The Kier molecular flexibility index (Phi) is 15.3. The Hall–Kier alpha value is -5.56. The van der Waals surface area contributed by atoms with Gasteiger partial charge in [0, 0.05) is 54.0 Å². The molecule has 5 aromatic rings. The monoisotopic (exact) mass is 643 g/mol. The van der Waals surface area contributed by atoms with Crippen LogP contribution in [0, 0.1) is 12.7 Å². The minimum absolute atomic E-state index is 0.0390. The maximum atomic E-state index is 14.4. The Morgan fingerprint density at radius 3 is 2.45 bits per heavy atom. The number of H-pyrrole nitrogens is 2. The minimum Gasteiger partial charge on any atom is -0.404 e. The van der Waals surface area contributed by atoms with Gasteiger partial charge >= 0.3 is 0 Å². The number of imidazole rings is 1. The number of hydrogen-bond donors (Lipinski definition) is 5. The summed E-state index contributed by atoms with van der Waals surface area (Å²) in [5.74, 6) is 0.154. The molecule has 0 atom stereocenters. The molecule has 0 fully saturated rings. The van der Waals surface area contributed by atoms with E-state index in [1.807, 2.05) is 66.5 Å². The summed E-state index contributed by atoms with van der Waals surface area (Å²) in [6.45, 7) is 12.5. The molecule has 1 amide bonds. The van der Waals surface area contributed by atoms with Crippen LogP contribution in [0.1, 0.15) is 62.5 Å². The van der Waals surface area contributed by atoms with Crippen LogP contribution in [0.5, 0.6) is 0 Å². The smallest absolute Gasteiger partial charge is 0.224 e. The van der Waals surface area contributed by atoms with Gasteiger partial charge in [0.1, 0.15) is 25.1 Å². The second kappa shape index (κ2) is 19.1. The highest BCUT2D eigenvalue weighted by molar-refractivity contribution is 5.94. The van der Waals surface area contributed by atoms with E-state index >= 15 is 0 Å². The lowest BCUT2D eigenvalue weighted by atomic mass is 10.00. The van der Waals surface area contributed by atoms with Gasteiger partial charge in [-0.25, -0.2) is 14.4 Å². The van der Waals surface area contributed by atoms with Crippen LogP contribution in [0.3, 0.4) is 0 Å². The number of amides is 1. The lowest BCUT2D eigenvalue weighted by molar-refractivity contribution is -0.116. The third kappa shape index (κ3) is 9.47. The highest BCUT2D eigenvalue weighted by Gasteiger charge is 2.19. The Morgan fingerprint density at radius 1 is 1.04 bits per heavy atom. The Bertz CT molecular complexity index is 1780. The molecule has 13 heteroatoms. The number of unbranched alkanes of at least 4 members (excludes halogenated alkanes) is 1. The zero-order valence-electron chi connectivity index (χ0n) is 27.4. The molecule has 0 spiro atoms. The summed E-state index contributed by atoms with van der Waals surface area (Å²) in [5, 5.41) is 14.1. The summed E-state index contributed by atoms with van der Waals surface area (Å²) >= 11 is 0. The van der Waals surface area contributed by atoms with E-state index in [1.165, 1.54) is 18.3 Å². The third-order valence-electron chi connectivity index (χ3n) is 6.72. The van der Waals surface area contributed by atoms with E-state index in [-0.39, 0.29) is 11.7 Å². The normalized spacial score (nSPS) is 10.6. The summed E-state index contributed by atoms with van der Waals surface area (Å²) < 4.78 is 14.4. The summed E-state index contributed by atoms with van der Waals surface area (Å²) in [6, 6.07) is 8.65. The number of rotatable bonds is 10. The maximum Gasteiger partial charge on any atom is 0.224 e. The predicted molar refractivity (Wildman–Crippen MR) is 184 cm³/mol. The second-order valence-electron chi connectivity index (χ2n) is 9.83. The van der Waals surface area contributed by atoms with Crippen LogP contribution >= 0.6 is 0 Å². The molecule has 0 bridgehead atoms. The number of fused-ring (bicyclic) bond motifs is 1. The van der Waals surface area contributed by atoms with Gasteiger partial charge in [0.05, 0.1) is 23.0 Å². The standard InChI is InChI=1S/C30H32FN9O.C2H6.2CH2O/c1-4-5-6-26(41)37-23-10-20(14-34-16-23)21-11-24-28(39-40-29(24)35-15-21)30-36-17(2)27(38-30)25(12-32)19-7-18(13-33-3)8-22(31)9-19;3*1-2/h7-12,14-16,33H,4-6,13,32H2,1-3H3,(H,36,38)(H,37,41)(H,35,39,40);1-2H3;2*1H2/b25-12-;;;. The molecule has 12 nitrogen and oxygen atoms in total. The van der Waals surface area contributed by atoms with Crippen molar-refractivity contribution in [2.75, 3.05) is 12.4 Å². The fraction of sp³-hybridized carbons (Fsp3) is 0.265. The van der Waals surface area contributed by atoms with Crippen molar-refractivity contribution in [3.63, 3.8) is 0 Å². The van der Waals surface area contributed by atoms with E-state index in [0.29, 0.717) is 52.6 Å². The van der Waals surface area contributed by atoms with Crippen molar-refractivity contribution in [1.29, 1.82) is 0 Å². The van der Waals surface area contributed by atoms with E-state index < -0.39 is 0 Å². The fourth-order valence-corrected chi connectivity index (χ4v) is 4.73. The maximum absolute atomic E-state index is 14.4. The van der Waals surface area contributed by atoms with E-state index in [0.717, 1.165) is 40.6 Å². The molecule has 0 unspecified atom stereocenters. The Morgan fingerprint density at radius 2 is 1.77 bits per heavy atom. The van der Waals surface area contributed by atoms with Crippen LogP contribution < -0.4 is 16.4 Å². The number of nitrogens with two attached hydrogens (primary N) is 1. The lowest BCUT2D eigenvalue weighted by Gasteiger charge is -2.09. The van der Waals surface area contributed by atoms with Crippen molar-refractivity contribution in [2.24, 2.45) is 5.73 Å². The molecule has 1 aromatic carbocycles. The van der Waals surface area contributed by atoms with Crippen LogP contribution in [0.2, 0.25) is 0 Å². The first kappa shape index (κ1) is 37.6. The number of anilines is 1. The summed E-state index contributed by atoms with van der Waals surface area (Å²) in [7, 11) is 1.81. The molecule has 0 saturated carbocycles. The average molecular weight is 644 g/mol. The molecule has 4 heterocycles. The SMILES string of the molecule is C=O.C=O.CC.CCCCC(=O)Nc1cncc(-c2cnc3n[nH]c(-c4nc(/C(=C\N)c5cc(F)cc(CNC)c5)c(C)[nH]4)c3c2)c1. The van der Waals surface area contributed by atoms with Gasteiger partial charge in [0.2, 0.25) is 5.91 Å². The molecule has 0 aliphatic rings. The number of nitrogens with one attached hydrogen (secondary N) is 4. The first-order chi connectivity index (χ1) is 22.9. The van der Waals surface area contributed by atoms with Gasteiger partial charge in [0.15, 0.2) is 11.5 Å². The molecule has 6 N–H and O–H groups in total. The molecule has 0 aliphatic carbocycles. The Labute approximate surface area is 273 Å². The van der Waals surface area contributed by atoms with Crippen molar-refractivity contribution in [2.45, 2.75) is 53.5 Å². The number of aryl methyl sites for hydroxylation is 1. The number of halogens is 1. The number of benzene rings is 1. The van der Waals surface area contributed by atoms with Crippen LogP contribution in [0.25, 0.3) is 39.3 Å². The molecular formula is C34H42FN9O3. The number of nitrogens with zero attached hydrogens (tertiary/aromatic N) is 4. The van der Waals surface area contributed by atoms with Crippen LogP contribution in [-0.2, 0) is 20.9 Å². The number of carbonyl (C=O) groups excluding carboxylic acids is 3. The third-order valence-corrected chi connectivity index (χ3v) is 6.72. The number of aromatic amines is 2. The molecule has 0 aliphatic heterocycles. The summed E-state index contributed by atoms with van der Waals surface area (Å²) in [5.41, 5.74) is 12.8. The van der Waals surface area contributed by atoms with Crippen molar-refractivity contribution < 1.29 is 18.8 Å². The van der Waals surface area contributed by atoms with Gasteiger partial charge in [-0.2, -0.15) is 5.10 Å². The number of carbonyl (C=O) groups is 3. The molecule has 0 radical (unpaired) electrons. The molecule has 0 saturated heterocycles. The van der Waals surface area contributed by atoms with Gasteiger partial charge < -0.3 is 30.9 Å². The highest BCUT2D eigenvalue weighted by Crippen LogP contribution is 2.32. The molecule has 47 heavy (non-hydrogen) atoms. The number of pyridine rings is 2. The molecule has 248 valence electrons. The fourth-order valence-electron chi connectivity index (χ4n) is 4.73. The van der Waals surface area contributed by atoms with E-state index in [2.05, 4.69) is 35.8 Å². The number of hydrogen-bond acceptors (Lipinski definition) is 9. The van der Waals surface area contributed by atoms with E-state index in [4.69, 9.17) is 20.3 Å². The van der Waals surface area contributed by atoms with Crippen LogP contribution in [-0.4, -0.2) is 56.7 Å². The van der Waals surface area contributed by atoms with Gasteiger partial charge in [0.25, 0.3) is 0 Å². The van der Waals surface area contributed by atoms with Crippen LogP contribution in [0.15, 0.2) is 55.1 Å². The van der Waals surface area contributed by atoms with Gasteiger partial charge in [-0.3, -0.25) is 14.9 Å². The predicted octanol–water partition coefficient (Wildman–Crippen LogP) is 5.71. The van der Waals surface area contributed by atoms with Gasteiger partial charge in [-0.1, -0.05) is 27.2 Å². The summed E-state index contributed by atoms with van der Waals surface area (Å²) in [6.07, 6.45) is 8.75. The van der Waals surface area contributed by atoms with E-state index in [9.17, 15) is 9.18 Å². The second-order valence-corrected chi connectivity index (χ2v) is 9.83. The number of aromatic nitrogens is 6. The van der Waals surface area contributed by atoms with Crippen molar-refractivity contribution in [3.05, 3.63) is 83.5 Å². The highest BCUT2D eigenvalue weighted by atomic mass is 19.1. The average Bonchev–Trinajstić information content (AvgIpc) is 3.70. The van der Waals surface area contributed by atoms with E-state index in [1.54, 1.807) is 18.6 Å². The van der Waals surface area contributed by atoms with Gasteiger partial charge in [-0.05, 0) is 61.9 Å². The lowest BCUT2D eigenvalue weighted by Crippen LogP contribution is -2.11. The van der Waals surface area contributed by atoms with Crippen molar-refractivity contribution in [1.82, 2.24) is 35.5 Å². The zero-order valence-corrected chi connectivity index (χ0v) is 27.4. The molecule has 5 rings (SSSR count). The summed E-state index contributed by atoms with van der Waals surface area (Å²) in [4.78, 5) is 45.2. The topological polar surface area (TPSA) is 184 Å². The van der Waals surface area contributed by atoms with Crippen molar-refractivity contribution in [3.8, 4) is 22.6 Å². The minimum atomic E-state index is -0.349.